The van der Waals surface area contributed by atoms with Gasteiger partial charge in [0.15, 0.2) is 0 Å². The van der Waals surface area contributed by atoms with Crippen molar-refractivity contribution in [2.24, 2.45) is 0 Å². The molecule has 0 bridgehead atoms. The summed E-state index contributed by atoms with van der Waals surface area (Å²) in [5.74, 6) is 0.790. The highest BCUT2D eigenvalue weighted by molar-refractivity contribution is 5.27. The number of nitrogens with zero attached hydrogens (tertiary/aromatic N) is 5. The molecule has 0 saturated carbocycles. The maximum absolute atomic E-state index is 10.4. The topological polar surface area (TPSA) is 75.9 Å². The highest BCUT2D eigenvalue weighted by Gasteiger charge is 2.22. The molecule has 2 fully saturated rings. The first-order chi connectivity index (χ1) is 14.3. The van der Waals surface area contributed by atoms with Crippen LogP contribution < -0.4 is 4.74 Å². The first-order valence-electron chi connectivity index (χ1n) is 10.6. The summed E-state index contributed by atoms with van der Waals surface area (Å²) in [6, 6.07) is 8.53. The van der Waals surface area contributed by atoms with Crippen molar-refractivity contribution >= 4 is 0 Å². The summed E-state index contributed by atoms with van der Waals surface area (Å²) < 4.78 is 7.87. The van der Waals surface area contributed by atoms with Gasteiger partial charge < -0.3 is 19.3 Å². The SMILES string of the molecule is OC(COc1ccc(CN2CCCCO2)cc1)CN1CCC(n2cnnc2)CC1. The van der Waals surface area contributed by atoms with Gasteiger partial charge in [-0.3, -0.25) is 4.84 Å². The summed E-state index contributed by atoms with van der Waals surface area (Å²) in [5.41, 5.74) is 1.20. The lowest BCUT2D eigenvalue weighted by Crippen LogP contribution is -2.41. The van der Waals surface area contributed by atoms with Crippen LogP contribution in [0.15, 0.2) is 36.9 Å². The third-order valence-corrected chi connectivity index (χ3v) is 5.68. The Morgan fingerprint density at radius 2 is 1.83 bits per heavy atom. The van der Waals surface area contributed by atoms with Crippen molar-refractivity contribution in [2.75, 3.05) is 39.4 Å². The van der Waals surface area contributed by atoms with E-state index in [-0.39, 0.29) is 0 Å². The molecule has 29 heavy (non-hydrogen) atoms. The highest BCUT2D eigenvalue weighted by Crippen LogP contribution is 2.22. The zero-order chi connectivity index (χ0) is 19.9. The molecule has 1 N–H and O–H groups in total. The monoisotopic (exact) mass is 401 g/mol. The van der Waals surface area contributed by atoms with E-state index >= 15 is 0 Å². The van der Waals surface area contributed by atoms with Crippen molar-refractivity contribution in [3.8, 4) is 5.75 Å². The third kappa shape index (κ3) is 5.99. The van der Waals surface area contributed by atoms with Gasteiger partial charge in [0.1, 0.15) is 31.1 Å². The maximum atomic E-state index is 10.4. The second-order valence-corrected chi connectivity index (χ2v) is 7.95. The lowest BCUT2D eigenvalue weighted by molar-refractivity contribution is -0.187. The number of β-amino-alcohol motifs (C(OH)–C–C–N with tert-alkyl or cyclic N) is 1. The van der Waals surface area contributed by atoms with Crippen molar-refractivity contribution in [2.45, 2.75) is 44.4 Å². The van der Waals surface area contributed by atoms with E-state index in [2.05, 4.69) is 31.8 Å². The molecule has 1 atom stereocenters. The molecular formula is C21H31N5O3. The Bertz CT molecular complexity index is 710. The van der Waals surface area contributed by atoms with Crippen molar-refractivity contribution in [3.63, 3.8) is 0 Å². The molecule has 8 heteroatoms. The summed E-state index contributed by atoms with van der Waals surface area (Å²) in [4.78, 5) is 7.95. The average molecular weight is 402 g/mol. The number of hydrogen-bond donors (Lipinski definition) is 1. The van der Waals surface area contributed by atoms with Crippen LogP contribution in [-0.4, -0.2) is 75.3 Å². The normalized spacial score (nSPS) is 20.6. The van der Waals surface area contributed by atoms with Crippen LogP contribution in [-0.2, 0) is 11.4 Å². The molecule has 0 radical (unpaired) electrons. The number of aliphatic hydroxyl groups is 1. The van der Waals surface area contributed by atoms with Crippen LogP contribution in [0.25, 0.3) is 0 Å². The van der Waals surface area contributed by atoms with Gasteiger partial charge >= 0.3 is 0 Å². The van der Waals surface area contributed by atoms with Crippen molar-refractivity contribution in [1.29, 1.82) is 0 Å². The van der Waals surface area contributed by atoms with Crippen molar-refractivity contribution in [3.05, 3.63) is 42.5 Å². The van der Waals surface area contributed by atoms with Crippen molar-refractivity contribution in [1.82, 2.24) is 24.7 Å². The molecule has 8 nitrogen and oxygen atoms in total. The van der Waals surface area contributed by atoms with E-state index in [9.17, 15) is 5.11 Å². The number of ether oxygens (including phenoxy) is 1. The number of hydroxylamine groups is 2. The van der Waals surface area contributed by atoms with Gasteiger partial charge in [-0.2, -0.15) is 5.06 Å². The fourth-order valence-electron chi connectivity index (χ4n) is 4.01. The van der Waals surface area contributed by atoms with Crippen molar-refractivity contribution < 1.29 is 14.7 Å². The van der Waals surface area contributed by atoms with Gasteiger partial charge in [-0.05, 0) is 43.4 Å². The quantitative estimate of drug-likeness (QED) is 0.724. The van der Waals surface area contributed by atoms with Crippen LogP contribution in [0.3, 0.4) is 0 Å². The van der Waals surface area contributed by atoms with Gasteiger partial charge in [0.05, 0.1) is 6.61 Å². The summed E-state index contributed by atoms with van der Waals surface area (Å²) >= 11 is 0. The molecule has 2 aliphatic heterocycles. The Morgan fingerprint density at radius 1 is 1.07 bits per heavy atom. The molecule has 1 aromatic carbocycles. The molecule has 1 unspecified atom stereocenters. The molecular weight excluding hydrogens is 370 g/mol. The summed E-state index contributed by atoms with van der Waals surface area (Å²) in [7, 11) is 0. The second-order valence-electron chi connectivity index (χ2n) is 7.95. The smallest absolute Gasteiger partial charge is 0.119 e. The van der Waals surface area contributed by atoms with E-state index < -0.39 is 6.10 Å². The predicted octanol–water partition coefficient (Wildman–Crippen LogP) is 1.88. The molecule has 0 amide bonds. The van der Waals surface area contributed by atoms with Gasteiger partial charge in [0.25, 0.3) is 0 Å². The Hall–Kier alpha value is -2.00. The van der Waals surface area contributed by atoms with Crippen LogP contribution in [0.4, 0.5) is 0 Å². The van der Waals surface area contributed by atoms with Crippen LogP contribution in [0, 0.1) is 0 Å². The molecule has 2 aliphatic rings. The number of rotatable bonds is 8. The zero-order valence-electron chi connectivity index (χ0n) is 16.9. The fraction of sp³-hybridized carbons (Fsp3) is 0.619. The Kier molecular flexibility index (Phi) is 7.10. The van der Waals surface area contributed by atoms with E-state index in [0.29, 0.717) is 19.2 Å². The van der Waals surface area contributed by atoms with Crippen LogP contribution in [0.1, 0.15) is 37.3 Å². The minimum absolute atomic E-state index is 0.306. The third-order valence-electron chi connectivity index (χ3n) is 5.68. The lowest BCUT2D eigenvalue weighted by atomic mass is 10.0. The van der Waals surface area contributed by atoms with Crippen LogP contribution in [0.5, 0.6) is 5.75 Å². The van der Waals surface area contributed by atoms with E-state index in [4.69, 9.17) is 9.57 Å². The minimum atomic E-state index is -0.497. The number of aromatic nitrogens is 3. The number of aliphatic hydroxyl groups excluding tert-OH is 1. The van der Waals surface area contributed by atoms with E-state index in [0.717, 1.165) is 57.8 Å². The Balaban J connectivity index is 1.15. The van der Waals surface area contributed by atoms with Crippen LogP contribution in [0.2, 0.25) is 0 Å². The molecule has 1 aromatic heterocycles. The largest absolute Gasteiger partial charge is 0.491 e. The maximum Gasteiger partial charge on any atom is 0.119 e. The summed E-state index contributed by atoms with van der Waals surface area (Å²) in [6.07, 6.45) is 7.51. The lowest BCUT2D eigenvalue weighted by Gasteiger charge is -2.33. The number of likely N-dealkylation sites (tertiary alicyclic amines) is 1. The van der Waals surface area contributed by atoms with Gasteiger partial charge in [0.2, 0.25) is 0 Å². The van der Waals surface area contributed by atoms with Gasteiger partial charge in [-0.25, -0.2) is 0 Å². The van der Waals surface area contributed by atoms with Gasteiger partial charge in [-0.15, -0.1) is 10.2 Å². The molecule has 158 valence electrons. The molecule has 2 saturated heterocycles. The Morgan fingerprint density at radius 3 is 2.52 bits per heavy atom. The highest BCUT2D eigenvalue weighted by atomic mass is 16.7. The summed E-state index contributed by atoms with van der Waals surface area (Å²) in [5, 5.41) is 20.2. The standard InChI is InChI=1S/C21H31N5O3/c27-20(14-24-10-7-19(8-11-24)25-16-22-23-17-25)15-28-21-5-3-18(4-6-21)13-26-9-1-2-12-29-26/h3-6,16-17,19-20,27H,1-2,7-15H2. The molecule has 4 rings (SSSR count). The van der Waals surface area contributed by atoms with E-state index in [1.165, 1.54) is 12.0 Å². The Labute approximate surface area is 172 Å². The summed E-state index contributed by atoms with van der Waals surface area (Å²) in [6.45, 7) is 5.48. The molecule has 0 aliphatic carbocycles. The molecule has 3 heterocycles. The minimum Gasteiger partial charge on any atom is -0.491 e. The van der Waals surface area contributed by atoms with Crippen LogP contribution >= 0.6 is 0 Å². The second kappa shape index (κ2) is 10.2. The first-order valence-corrected chi connectivity index (χ1v) is 10.6. The molecule has 2 aromatic rings. The zero-order valence-corrected chi connectivity index (χ0v) is 16.9. The van der Waals surface area contributed by atoms with Gasteiger partial charge in [0, 0.05) is 38.8 Å². The number of hydrogen-bond acceptors (Lipinski definition) is 7. The first kappa shape index (κ1) is 20.3. The fourth-order valence-corrected chi connectivity index (χ4v) is 4.01. The number of benzene rings is 1. The molecule has 0 spiro atoms. The van der Waals surface area contributed by atoms with E-state index in [1.807, 2.05) is 17.2 Å². The predicted molar refractivity (Wildman–Crippen MR) is 108 cm³/mol. The van der Waals surface area contributed by atoms with Gasteiger partial charge in [-0.1, -0.05) is 12.1 Å². The number of piperidine rings is 1. The van der Waals surface area contributed by atoms with E-state index in [1.54, 1.807) is 12.7 Å². The average Bonchev–Trinajstić information content (AvgIpc) is 3.30.